The van der Waals surface area contributed by atoms with Crippen molar-refractivity contribution >= 4 is 23.2 Å². The first-order chi connectivity index (χ1) is 9.65. The molecule has 2 aliphatic carbocycles. The standard InChI is InChI=1S/C15H19NO3S/c17-14(9-4-5-10(8-9)15(18)19)16-12-2-1-3-13-11(12)6-7-20-13/h6-7,9-10,12H,1-5,8H2,(H,16,17)(H,18,19). The Labute approximate surface area is 122 Å². The number of thiophene rings is 1. The maximum absolute atomic E-state index is 12.3. The van der Waals surface area contributed by atoms with Crippen molar-refractivity contribution in [2.24, 2.45) is 11.8 Å². The van der Waals surface area contributed by atoms with Gasteiger partial charge in [0.25, 0.3) is 0 Å². The molecule has 1 amide bonds. The molecule has 108 valence electrons. The largest absolute Gasteiger partial charge is 0.481 e. The number of fused-ring (bicyclic) bond motifs is 1. The molecule has 1 saturated carbocycles. The van der Waals surface area contributed by atoms with Crippen LogP contribution >= 0.6 is 11.3 Å². The Morgan fingerprint density at radius 1 is 1.25 bits per heavy atom. The average molecular weight is 293 g/mol. The van der Waals surface area contributed by atoms with Crippen molar-refractivity contribution in [1.82, 2.24) is 5.32 Å². The third kappa shape index (κ3) is 2.59. The molecule has 5 heteroatoms. The van der Waals surface area contributed by atoms with Crippen molar-refractivity contribution < 1.29 is 14.7 Å². The number of aliphatic carboxylic acids is 1. The molecule has 0 saturated heterocycles. The van der Waals surface area contributed by atoms with Crippen LogP contribution in [0.2, 0.25) is 0 Å². The first-order valence-electron chi connectivity index (χ1n) is 7.24. The minimum absolute atomic E-state index is 0.0396. The molecule has 3 atom stereocenters. The number of rotatable bonds is 3. The van der Waals surface area contributed by atoms with Gasteiger partial charge in [0.15, 0.2) is 0 Å². The summed E-state index contributed by atoms with van der Waals surface area (Å²) in [5.41, 5.74) is 1.27. The second-order valence-corrected chi connectivity index (χ2v) is 6.80. The predicted octanol–water partition coefficient (Wildman–Crippen LogP) is 2.74. The summed E-state index contributed by atoms with van der Waals surface area (Å²) in [6, 6.07) is 2.24. The van der Waals surface area contributed by atoms with E-state index in [0.29, 0.717) is 19.3 Å². The summed E-state index contributed by atoms with van der Waals surface area (Å²) in [5.74, 6) is -1.19. The van der Waals surface area contributed by atoms with Crippen molar-refractivity contribution in [2.45, 2.75) is 44.6 Å². The number of nitrogens with one attached hydrogen (secondary N) is 1. The molecule has 0 aromatic carbocycles. The van der Waals surface area contributed by atoms with Gasteiger partial charge in [0, 0.05) is 10.8 Å². The second kappa shape index (κ2) is 5.56. The Hall–Kier alpha value is -1.36. The van der Waals surface area contributed by atoms with Crippen LogP contribution in [-0.4, -0.2) is 17.0 Å². The number of carboxylic acid groups (broad SMARTS) is 1. The molecule has 3 unspecified atom stereocenters. The molecular weight excluding hydrogens is 274 g/mol. The van der Waals surface area contributed by atoms with Gasteiger partial charge in [-0.05, 0) is 55.5 Å². The van der Waals surface area contributed by atoms with Gasteiger partial charge in [-0.3, -0.25) is 9.59 Å². The van der Waals surface area contributed by atoms with Gasteiger partial charge in [-0.25, -0.2) is 0 Å². The van der Waals surface area contributed by atoms with E-state index in [0.717, 1.165) is 19.3 Å². The van der Waals surface area contributed by atoms with E-state index >= 15 is 0 Å². The van der Waals surface area contributed by atoms with Gasteiger partial charge in [-0.15, -0.1) is 11.3 Å². The van der Waals surface area contributed by atoms with E-state index in [-0.39, 0.29) is 23.8 Å². The van der Waals surface area contributed by atoms with E-state index in [2.05, 4.69) is 16.8 Å². The van der Waals surface area contributed by atoms with Crippen LogP contribution in [0, 0.1) is 11.8 Å². The van der Waals surface area contributed by atoms with Crippen LogP contribution in [-0.2, 0) is 16.0 Å². The molecule has 1 aromatic rings. The van der Waals surface area contributed by atoms with Crippen molar-refractivity contribution in [3.63, 3.8) is 0 Å². The predicted molar refractivity (Wildman–Crippen MR) is 76.6 cm³/mol. The zero-order valence-corrected chi connectivity index (χ0v) is 12.1. The molecule has 1 heterocycles. The second-order valence-electron chi connectivity index (χ2n) is 5.80. The Bertz CT molecular complexity index is 525. The molecule has 1 aromatic heterocycles. The van der Waals surface area contributed by atoms with Gasteiger partial charge < -0.3 is 10.4 Å². The molecule has 1 fully saturated rings. The van der Waals surface area contributed by atoms with Crippen LogP contribution in [0.5, 0.6) is 0 Å². The molecule has 0 bridgehead atoms. The number of hydrogen-bond acceptors (Lipinski definition) is 3. The average Bonchev–Trinajstić information content (AvgIpc) is 3.08. The number of aryl methyl sites for hydroxylation is 1. The lowest BCUT2D eigenvalue weighted by Gasteiger charge is -2.25. The number of hydrogen-bond donors (Lipinski definition) is 2. The van der Waals surface area contributed by atoms with Crippen molar-refractivity contribution in [3.8, 4) is 0 Å². The topological polar surface area (TPSA) is 66.4 Å². The lowest BCUT2D eigenvalue weighted by Crippen LogP contribution is -2.34. The summed E-state index contributed by atoms with van der Waals surface area (Å²) >= 11 is 1.76. The summed E-state index contributed by atoms with van der Waals surface area (Å²) in [6.07, 6.45) is 5.04. The normalized spacial score (nSPS) is 28.9. The zero-order valence-electron chi connectivity index (χ0n) is 11.3. The molecule has 4 nitrogen and oxygen atoms in total. The summed E-state index contributed by atoms with van der Waals surface area (Å²) in [5, 5.41) is 14.2. The lowest BCUT2D eigenvalue weighted by atomic mass is 9.93. The molecule has 0 spiro atoms. The van der Waals surface area contributed by atoms with Crippen LogP contribution in [0.15, 0.2) is 11.4 Å². The number of amides is 1. The number of carbonyl (C=O) groups excluding carboxylic acids is 1. The third-order valence-corrected chi connectivity index (χ3v) is 5.52. The van der Waals surface area contributed by atoms with Gasteiger partial charge in [-0.1, -0.05) is 0 Å². The van der Waals surface area contributed by atoms with Crippen molar-refractivity contribution in [3.05, 3.63) is 21.9 Å². The fourth-order valence-electron chi connectivity index (χ4n) is 3.37. The van der Waals surface area contributed by atoms with Crippen LogP contribution < -0.4 is 5.32 Å². The lowest BCUT2D eigenvalue weighted by molar-refractivity contribution is -0.141. The smallest absolute Gasteiger partial charge is 0.306 e. The Morgan fingerprint density at radius 2 is 2.05 bits per heavy atom. The fourth-order valence-corrected chi connectivity index (χ4v) is 4.36. The Balaban J connectivity index is 1.62. The summed E-state index contributed by atoms with van der Waals surface area (Å²) in [7, 11) is 0. The molecular formula is C15H19NO3S. The van der Waals surface area contributed by atoms with Gasteiger partial charge in [-0.2, -0.15) is 0 Å². The molecule has 2 N–H and O–H groups in total. The van der Waals surface area contributed by atoms with Crippen LogP contribution in [0.1, 0.15) is 48.6 Å². The highest BCUT2D eigenvalue weighted by atomic mass is 32.1. The fraction of sp³-hybridized carbons (Fsp3) is 0.600. The molecule has 20 heavy (non-hydrogen) atoms. The van der Waals surface area contributed by atoms with E-state index in [1.54, 1.807) is 11.3 Å². The van der Waals surface area contributed by atoms with Crippen molar-refractivity contribution in [1.29, 1.82) is 0 Å². The van der Waals surface area contributed by atoms with Crippen LogP contribution in [0.25, 0.3) is 0 Å². The summed E-state index contributed by atoms with van der Waals surface area (Å²) < 4.78 is 0. The van der Waals surface area contributed by atoms with E-state index in [9.17, 15) is 9.59 Å². The zero-order chi connectivity index (χ0) is 14.1. The van der Waals surface area contributed by atoms with Crippen LogP contribution in [0.4, 0.5) is 0 Å². The highest BCUT2D eigenvalue weighted by molar-refractivity contribution is 7.10. The quantitative estimate of drug-likeness (QED) is 0.900. The minimum Gasteiger partial charge on any atom is -0.481 e. The van der Waals surface area contributed by atoms with Gasteiger partial charge in [0.2, 0.25) is 5.91 Å². The highest BCUT2D eigenvalue weighted by Crippen LogP contribution is 2.35. The summed E-state index contributed by atoms with van der Waals surface area (Å²) in [6.45, 7) is 0. The van der Waals surface area contributed by atoms with Gasteiger partial charge in [0.05, 0.1) is 12.0 Å². The van der Waals surface area contributed by atoms with Gasteiger partial charge >= 0.3 is 5.97 Å². The number of carboxylic acids is 1. The molecule has 0 radical (unpaired) electrons. The maximum Gasteiger partial charge on any atom is 0.306 e. The van der Waals surface area contributed by atoms with E-state index < -0.39 is 5.97 Å². The molecule has 3 rings (SSSR count). The Morgan fingerprint density at radius 3 is 2.80 bits per heavy atom. The van der Waals surface area contributed by atoms with Gasteiger partial charge in [0.1, 0.15) is 0 Å². The highest BCUT2D eigenvalue weighted by Gasteiger charge is 2.35. The van der Waals surface area contributed by atoms with Crippen molar-refractivity contribution in [2.75, 3.05) is 0 Å². The third-order valence-electron chi connectivity index (χ3n) is 4.52. The molecule has 0 aliphatic heterocycles. The van der Waals surface area contributed by atoms with E-state index in [4.69, 9.17) is 5.11 Å². The minimum atomic E-state index is -0.766. The van der Waals surface area contributed by atoms with E-state index in [1.807, 2.05) is 0 Å². The van der Waals surface area contributed by atoms with Crippen LogP contribution in [0.3, 0.4) is 0 Å². The SMILES string of the molecule is O=C(O)C1CCC(C(=O)NC2CCCc3sccc32)C1. The Kier molecular flexibility index (Phi) is 3.78. The first-order valence-corrected chi connectivity index (χ1v) is 8.12. The summed E-state index contributed by atoms with van der Waals surface area (Å²) in [4.78, 5) is 24.7. The van der Waals surface area contributed by atoms with E-state index in [1.165, 1.54) is 10.4 Å². The monoisotopic (exact) mass is 293 g/mol. The maximum atomic E-state index is 12.3. The molecule has 2 aliphatic rings. The number of carbonyl (C=O) groups is 2. The first kappa shape index (κ1) is 13.6.